The monoisotopic (exact) mass is 508 g/mol. The Morgan fingerprint density at radius 2 is 1.75 bits per heavy atom. The van der Waals surface area contributed by atoms with E-state index in [-0.39, 0.29) is 24.8 Å². The molecule has 0 aliphatic heterocycles. The van der Waals surface area contributed by atoms with Crippen LogP contribution in [-0.4, -0.2) is 14.0 Å². The second-order valence-corrected chi connectivity index (χ2v) is 38.3. The molecule has 0 fully saturated rings. The molecule has 28 heavy (non-hydrogen) atoms. The fraction of sp³-hybridized carbons (Fsp3) is 0.217. The Morgan fingerprint density at radius 1 is 1.04 bits per heavy atom. The quantitative estimate of drug-likeness (QED) is 0.430. The van der Waals surface area contributed by atoms with Crippen LogP contribution < -0.4 is 4.74 Å². The first-order chi connectivity index (χ1) is 12.4. The predicted octanol–water partition coefficient (Wildman–Crippen LogP) is 6.45. The molecule has 0 amide bonds. The van der Waals surface area contributed by atoms with Crippen molar-refractivity contribution in [3.05, 3.63) is 81.2 Å². The Bertz CT molecular complexity index is 1030. The zero-order valence-corrected chi connectivity index (χ0v) is 22.1. The number of hydrogen-bond donors (Lipinski definition) is 0. The molecular formula is C23H28Cl2OSiZr. The minimum absolute atomic E-state index is 0. The van der Waals surface area contributed by atoms with Crippen LogP contribution in [0.2, 0.25) is 9.26 Å². The van der Waals surface area contributed by atoms with E-state index in [4.69, 9.17) is 4.74 Å². The van der Waals surface area contributed by atoms with Crippen LogP contribution >= 0.6 is 24.8 Å². The first kappa shape index (κ1) is 23.4. The van der Waals surface area contributed by atoms with Gasteiger partial charge < -0.3 is 0 Å². The van der Waals surface area contributed by atoms with Crippen molar-refractivity contribution in [3.63, 3.8) is 0 Å². The molecule has 0 N–H and O–H groups in total. The van der Waals surface area contributed by atoms with Crippen molar-refractivity contribution in [1.82, 2.24) is 0 Å². The third kappa shape index (κ3) is 3.92. The smallest absolute Gasteiger partial charge is 0.147 e. The number of methoxy groups -OCH3 is 1. The van der Waals surface area contributed by atoms with E-state index in [0.717, 1.165) is 12.2 Å². The van der Waals surface area contributed by atoms with Crippen molar-refractivity contribution in [3.8, 4) is 16.9 Å². The Kier molecular flexibility index (Phi) is 7.09. The summed E-state index contributed by atoms with van der Waals surface area (Å²) in [5, 5.41) is 0. The van der Waals surface area contributed by atoms with Gasteiger partial charge in [-0.3, -0.25) is 0 Å². The topological polar surface area (TPSA) is 9.23 Å². The maximum atomic E-state index is 5.31. The van der Waals surface area contributed by atoms with Gasteiger partial charge in [0, 0.05) is 0 Å². The average Bonchev–Trinajstić information content (AvgIpc) is 3.31. The summed E-state index contributed by atoms with van der Waals surface area (Å²) in [7, 11) is 1.71. The van der Waals surface area contributed by atoms with Crippen LogP contribution in [-0.2, 0) is 17.4 Å². The van der Waals surface area contributed by atoms with Gasteiger partial charge in [-0.25, -0.2) is 0 Å². The molecule has 148 valence electrons. The molecule has 0 bridgehead atoms. The van der Waals surface area contributed by atoms with Crippen molar-refractivity contribution in [1.29, 1.82) is 0 Å². The fourth-order valence-corrected chi connectivity index (χ4v) is 17.4. The van der Waals surface area contributed by atoms with Gasteiger partial charge in [0.15, 0.2) is 0 Å². The van der Waals surface area contributed by atoms with Gasteiger partial charge in [-0.15, -0.1) is 24.8 Å². The third-order valence-electron chi connectivity index (χ3n) is 6.15. The van der Waals surface area contributed by atoms with E-state index in [1.807, 2.05) is 12.1 Å². The largest absolute Gasteiger partial charge is 0.147 e. The molecule has 0 radical (unpaired) electrons. The van der Waals surface area contributed by atoms with Crippen LogP contribution in [0.1, 0.15) is 21.2 Å². The van der Waals surface area contributed by atoms with Crippen molar-refractivity contribution in [2.24, 2.45) is 0 Å². The number of allylic oxidation sites excluding steroid dienone is 5. The summed E-state index contributed by atoms with van der Waals surface area (Å²) in [5.74, 6) is 0.904. The Morgan fingerprint density at radius 3 is 2.36 bits per heavy atom. The third-order valence-corrected chi connectivity index (χ3v) is 23.7. The number of halogens is 2. The number of fused-ring (bicyclic) bond motifs is 1. The van der Waals surface area contributed by atoms with Crippen molar-refractivity contribution < 1.29 is 22.1 Å². The van der Waals surface area contributed by atoms with Crippen LogP contribution in [0.15, 0.2) is 70.0 Å². The summed E-state index contributed by atoms with van der Waals surface area (Å²) >= 11 is -3.02. The second-order valence-electron chi connectivity index (χ2n) is 8.51. The number of ether oxygens (including phenoxy) is 1. The van der Waals surface area contributed by atoms with Crippen LogP contribution in [0, 0.1) is 0 Å². The summed E-state index contributed by atoms with van der Waals surface area (Å²) < 4.78 is 12.9. The summed E-state index contributed by atoms with van der Waals surface area (Å²) in [6.45, 7) is 2.34. The molecule has 2 aromatic carbocycles. The molecule has 1 nitrogen and oxygen atoms in total. The van der Waals surface area contributed by atoms with Gasteiger partial charge in [0.1, 0.15) is 0 Å². The van der Waals surface area contributed by atoms with Gasteiger partial charge in [0.2, 0.25) is 0 Å². The van der Waals surface area contributed by atoms with E-state index in [0.29, 0.717) is 3.63 Å². The van der Waals surface area contributed by atoms with E-state index in [1.165, 1.54) is 22.3 Å². The maximum Gasteiger partial charge on any atom is -0.147 e. The molecule has 0 saturated carbocycles. The summed E-state index contributed by atoms with van der Waals surface area (Å²) in [5.41, 5.74) is 5.52. The first-order valence-corrected chi connectivity index (χ1v) is 22.8. The number of rotatable bonds is 4. The van der Waals surface area contributed by atoms with Crippen molar-refractivity contribution in [2.75, 3.05) is 7.11 Å². The standard InChI is InChI=1S/C16H13O.C5H5.2CH3.2ClH.H2Si.Zr/c1-17-14-10-8-13(9-11-14)16-7-3-5-12-4-2-6-15(12)16;1-2-4-5-3-1;;;;;;/h2-11H,1H3;1-3H,4H2;2*1H3;2*1H;1H2;. The number of benzene rings is 2. The zero-order chi connectivity index (χ0) is 18.4. The first-order valence-electron chi connectivity index (χ1n) is 9.28. The van der Waals surface area contributed by atoms with Crippen LogP contribution in [0.4, 0.5) is 0 Å². The molecule has 0 heterocycles. The Hall–Kier alpha value is -0.860. The predicted molar refractivity (Wildman–Crippen MR) is 127 cm³/mol. The van der Waals surface area contributed by atoms with Crippen LogP contribution in [0.5, 0.6) is 5.75 Å². The molecular weight excluding hydrogens is 482 g/mol. The van der Waals surface area contributed by atoms with E-state index in [2.05, 4.69) is 76.9 Å². The summed E-state index contributed by atoms with van der Waals surface area (Å²) in [6.07, 6.45) is 13.0. The molecule has 2 aliphatic rings. The van der Waals surface area contributed by atoms with Gasteiger partial charge in [-0.1, -0.05) is 0 Å². The van der Waals surface area contributed by atoms with Gasteiger partial charge >= 0.3 is 160 Å². The van der Waals surface area contributed by atoms with Crippen LogP contribution in [0.25, 0.3) is 17.2 Å². The van der Waals surface area contributed by atoms with E-state index in [9.17, 15) is 0 Å². The molecule has 1 unspecified atom stereocenters. The summed E-state index contributed by atoms with van der Waals surface area (Å²) in [4.78, 5) is 0. The molecule has 0 saturated heterocycles. The minimum Gasteiger partial charge on any atom is -0.147 e. The normalized spacial score (nSPS) is 17.4. The molecule has 0 spiro atoms. The molecule has 2 aliphatic carbocycles. The molecule has 1 atom stereocenters. The zero-order valence-electron chi connectivity index (χ0n) is 16.6. The van der Waals surface area contributed by atoms with Crippen molar-refractivity contribution >= 4 is 37.8 Å². The minimum atomic E-state index is -3.02. The SMILES string of the molecule is COc1ccc(-c2cccc3c2C=C[CH]3[Zr]([CH3])([CH3])(=[SiH2])[C]2=CC=CC2)cc1.Cl.Cl. The van der Waals surface area contributed by atoms with Gasteiger partial charge in [0.25, 0.3) is 0 Å². The van der Waals surface area contributed by atoms with E-state index < -0.39 is 17.4 Å². The molecule has 4 rings (SSSR count). The second kappa shape index (κ2) is 8.48. The average molecular weight is 511 g/mol. The van der Waals surface area contributed by atoms with E-state index >= 15 is 0 Å². The maximum absolute atomic E-state index is 5.31. The molecule has 0 aromatic heterocycles. The molecule has 2 aromatic rings. The fourth-order valence-electron chi connectivity index (χ4n) is 4.42. The van der Waals surface area contributed by atoms with Crippen molar-refractivity contribution in [2.45, 2.75) is 19.3 Å². The molecule has 5 heteroatoms. The van der Waals surface area contributed by atoms with Gasteiger partial charge in [-0.05, 0) is 0 Å². The van der Waals surface area contributed by atoms with E-state index in [1.54, 1.807) is 10.4 Å². The van der Waals surface area contributed by atoms with Crippen LogP contribution in [0.3, 0.4) is 0 Å². The van der Waals surface area contributed by atoms with Gasteiger partial charge in [0.05, 0.1) is 0 Å². The Balaban J connectivity index is 0.00000140. The summed E-state index contributed by atoms with van der Waals surface area (Å²) in [6, 6.07) is 15.3. The van der Waals surface area contributed by atoms with Gasteiger partial charge in [-0.2, -0.15) is 0 Å². The Labute approximate surface area is 183 Å². The number of hydrogen-bond acceptors (Lipinski definition) is 1.